The highest BCUT2D eigenvalue weighted by atomic mass is 14.5. The molecule has 14 heavy (non-hydrogen) atoms. The summed E-state index contributed by atoms with van der Waals surface area (Å²) in [5, 5.41) is 0. The highest BCUT2D eigenvalue weighted by Crippen LogP contribution is 2.61. The lowest BCUT2D eigenvalue weighted by molar-refractivity contribution is 0.459. The molecule has 3 saturated carbocycles. The Balaban J connectivity index is 1.90. The van der Waals surface area contributed by atoms with E-state index in [1.54, 1.807) is 0 Å². The van der Waals surface area contributed by atoms with Gasteiger partial charge in [0.05, 0.1) is 0 Å². The van der Waals surface area contributed by atoms with Crippen molar-refractivity contribution >= 4 is 0 Å². The zero-order chi connectivity index (χ0) is 9.76. The molecule has 0 aromatic heterocycles. The molecule has 0 spiro atoms. The molecular weight excluding hydrogens is 168 g/mol. The maximum absolute atomic E-state index is 2.46. The molecule has 2 unspecified atom stereocenters. The van der Waals surface area contributed by atoms with Crippen molar-refractivity contribution in [3.05, 3.63) is 11.1 Å². The summed E-state index contributed by atoms with van der Waals surface area (Å²) in [6.07, 6.45) is 10.3. The molecule has 0 bridgehead atoms. The number of hydrogen-bond acceptors (Lipinski definition) is 0. The van der Waals surface area contributed by atoms with Gasteiger partial charge in [-0.05, 0) is 49.4 Å². The van der Waals surface area contributed by atoms with Crippen LogP contribution in [0, 0.1) is 17.3 Å². The van der Waals surface area contributed by atoms with Crippen LogP contribution in [-0.4, -0.2) is 0 Å². The average Bonchev–Trinajstić information content (AvgIpc) is 2.77. The van der Waals surface area contributed by atoms with Crippen LogP contribution in [0.15, 0.2) is 11.1 Å². The third-order valence-electron chi connectivity index (χ3n) is 4.85. The minimum Gasteiger partial charge on any atom is -0.0648 e. The molecule has 0 saturated heterocycles. The molecule has 0 nitrogen and oxygen atoms in total. The molecule has 0 N–H and O–H groups in total. The number of fused-ring (bicyclic) bond motifs is 1. The lowest BCUT2D eigenvalue weighted by Crippen LogP contribution is -2.07. The molecule has 0 radical (unpaired) electrons. The second-order valence-corrected chi connectivity index (χ2v) is 6.17. The molecule has 0 amide bonds. The monoisotopic (exact) mass is 190 g/mol. The van der Waals surface area contributed by atoms with Crippen LogP contribution in [0.1, 0.15) is 58.8 Å². The SMILES string of the molecule is CC1(C)CCCC1=C1C2CCCCC12. The first-order valence-electron chi connectivity index (χ1n) is 6.43. The molecule has 0 heterocycles. The van der Waals surface area contributed by atoms with Crippen LogP contribution in [0.25, 0.3) is 0 Å². The second-order valence-electron chi connectivity index (χ2n) is 6.17. The van der Waals surface area contributed by atoms with Crippen molar-refractivity contribution in [2.45, 2.75) is 58.8 Å². The van der Waals surface area contributed by atoms with Crippen molar-refractivity contribution in [2.75, 3.05) is 0 Å². The maximum atomic E-state index is 2.46. The van der Waals surface area contributed by atoms with Crippen molar-refractivity contribution < 1.29 is 0 Å². The standard InChI is InChI=1S/C14H22/c1-14(2)9-5-8-12(14)13-10-6-3-4-7-11(10)13/h10-11H,3-9H2,1-2H3. The van der Waals surface area contributed by atoms with Crippen LogP contribution >= 0.6 is 0 Å². The summed E-state index contributed by atoms with van der Waals surface area (Å²) in [5.74, 6) is 2.10. The second kappa shape index (κ2) is 2.87. The molecule has 3 rings (SSSR count). The highest BCUT2D eigenvalue weighted by Gasteiger charge is 2.49. The minimum absolute atomic E-state index is 0.562. The molecule has 0 aromatic rings. The normalized spacial score (nSPS) is 39.9. The van der Waals surface area contributed by atoms with Gasteiger partial charge in [-0.1, -0.05) is 37.8 Å². The molecule has 0 heteroatoms. The Kier molecular flexibility index (Phi) is 1.84. The topological polar surface area (TPSA) is 0 Å². The van der Waals surface area contributed by atoms with E-state index in [1.807, 2.05) is 11.1 Å². The molecule has 78 valence electrons. The summed E-state index contributed by atoms with van der Waals surface area (Å²) >= 11 is 0. The van der Waals surface area contributed by atoms with E-state index in [2.05, 4.69) is 13.8 Å². The van der Waals surface area contributed by atoms with E-state index >= 15 is 0 Å². The van der Waals surface area contributed by atoms with Crippen LogP contribution in [-0.2, 0) is 0 Å². The summed E-state index contributed by atoms with van der Waals surface area (Å²) in [4.78, 5) is 0. The Hall–Kier alpha value is -0.260. The first-order chi connectivity index (χ1) is 6.70. The third-order valence-corrected chi connectivity index (χ3v) is 4.85. The fourth-order valence-electron chi connectivity index (χ4n) is 4.00. The number of allylic oxidation sites excluding steroid dienone is 2. The van der Waals surface area contributed by atoms with Gasteiger partial charge in [-0.25, -0.2) is 0 Å². The van der Waals surface area contributed by atoms with Crippen LogP contribution in [0.2, 0.25) is 0 Å². The largest absolute Gasteiger partial charge is 0.0648 e. The van der Waals surface area contributed by atoms with E-state index in [0.717, 1.165) is 11.8 Å². The van der Waals surface area contributed by atoms with Crippen LogP contribution in [0.3, 0.4) is 0 Å². The Morgan fingerprint density at radius 1 is 1.00 bits per heavy atom. The van der Waals surface area contributed by atoms with Crippen molar-refractivity contribution in [3.63, 3.8) is 0 Å². The van der Waals surface area contributed by atoms with Crippen molar-refractivity contribution in [1.29, 1.82) is 0 Å². The Labute approximate surface area is 87.8 Å². The predicted octanol–water partition coefficient (Wildman–Crippen LogP) is 4.31. The summed E-state index contributed by atoms with van der Waals surface area (Å²) in [6.45, 7) is 4.93. The van der Waals surface area contributed by atoms with Gasteiger partial charge in [0.25, 0.3) is 0 Å². The molecule has 0 aliphatic heterocycles. The van der Waals surface area contributed by atoms with Crippen LogP contribution in [0.5, 0.6) is 0 Å². The quantitative estimate of drug-likeness (QED) is 0.499. The van der Waals surface area contributed by atoms with Gasteiger partial charge in [0, 0.05) is 0 Å². The van der Waals surface area contributed by atoms with Gasteiger partial charge in [0.2, 0.25) is 0 Å². The van der Waals surface area contributed by atoms with Gasteiger partial charge < -0.3 is 0 Å². The summed E-state index contributed by atoms with van der Waals surface area (Å²) in [5.41, 5.74) is 4.38. The van der Waals surface area contributed by atoms with E-state index in [-0.39, 0.29) is 0 Å². The number of hydrogen-bond donors (Lipinski definition) is 0. The summed E-state index contributed by atoms with van der Waals surface area (Å²) in [6, 6.07) is 0. The fourth-order valence-corrected chi connectivity index (χ4v) is 4.00. The van der Waals surface area contributed by atoms with Crippen molar-refractivity contribution in [2.24, 2.45) is 17.3 Å². The molecule has 3 aliphatic carbocycles. The molecule has 2 atom stereocenters. The van der Waals surface area contributed by atoms with E-state index in [1.165, 1.54) is 44.9 Å². The summed E-state index contributed by atoms with van der Waals surface area (Å²) in [7, 11) is 0. The Morgan fingerprint density at radius 2 is 1.64 bits per heavy atom. The minimum atomic E-state index is 0.562. The van der Waals surface area contributed by atoms with Crippen LogP contribution in [0.4, 0.5) is 0 Å². The van der Waals surface area contributed by atoms with E-state index < -0.39 is 0 Å². The zero-order valence-corrected chi connectivity index (χ0v) is 9.60. The molecular formula is C14H22. The van der Waals surface area contributed by atoms with E-state index in [0.29, 0.717) is 5.41 Å². The van der Waals surface area contributed by atoms with Gasteiger partial charge in [-0.3, -0.25) is 0 Å². The van der Waals surface area contributed by atoms with Crippen LogP contribution < -0.4 is 0 Å². The van der Waals surface area contributed by atoms with Gasteiger partial charge >= 0.3 is 0 Å². The van der Waals surface area contributed by atoms with E-state index in [4.69, 9.17) is 0 Å². The predicted molar refractivity (Wildman–Crippen MR) is 60.1 cm³/mol. The van der Waals surface area contributed by atoms with E-state index in [9.17, 15) is 0 Å². The summed E-state index contributed by atoms with van der Waals surface area (Å²) < 4.78 is 0. The lowest BCUT2D eigenvalue weighted by Gasteiger charge is -2.19. The maximum Gasteiger partial charge on any atom is -0.0131 e. The lowest BCUT2D eigenvalue weighted by atomic mass is 9.86. The first-order valence-corrected chi connectivity index (χ1v) is 6.43. The zero-order valence-electron chi connectivity index (χ0n) is 9.60. The number of rotatable bonds is 0. The van der Waals surface area contributed by atoms with Crippen molar-refractivity contribution in [1.82, 2.24) is 0 Å². The van der Waals surface area contributed by atoms with Gasteiger partial charge in [-0.15, -0.1) is 0 Å². The van der Waals surface area contributed by atoms with Gasteiger partial charge in [0.15, 0.2) is 0 Å². The Morgan fingerprint density at radius 3 is 2.14 bits per heavy atom. The third kappa shape index (κ3) is 1.19. The molecule has 0 aromatic carbocycles. The van der Waals surface area contributed by atoms with Crippen molar-refractivity contribution in [3.8, 4) is 0 Å². The highest BCUT2D eigenvalue weighted by molar-refractivity contribution is 5.40. The average molecular weight is 190 g/mol. The molecule has 3 fully saturated rings. The first kappa shape index (κ1) is 9.00. The Bertz CT molecular complexity index is 268. The molecule has 3 aliphatic rings. The van der Waals surface area contributed by atoms with Gasteiger partial charge in [-0.2, -0.15) is 0 Å². The smallest absolute Gasteiger partial charge is 0.0131 e. The van der Waals surface area contributed by atoms with Gasteiger partial charge in [0.1, 0.15) is 0 Å². The fraction of sp³-hybridized carbons (Fsp3) is 0.857.